The molecule has 0 spiro atoms. The fourth-order valence-electron chi connectivity index (χ4n) is 9.68. The molecule has 0 saturated carbocycles. The SMILES string of the molecule is COC1/C=C/OC2(C)Oc3c(C)c(O)c4c(O)c(c(N5CCN(Cc6c(C)cc(C)cc6C)CC5)c(O)c4c3C2=O)NC(=O)/C(C)=C\C=C\C(C)C(=O)C(C)C(O)C(C)C(OC(C)=O)C1C. The molecule has 4 heterocycles. The summed E-state index contributed by atoms with van der Waals surface area (Å²) in [5.74, 6) is -8.91. The highest BCUT2D eigenvalue weighted by Gasteiger charge is 2.50. The molecule has 3 aromatic rings. The number of aromatic hydroxyl groups is 3. The van der Waals surface area contributed by atoms with E-state index in [1.165, 1.54) is 68.5 Å². The number of carbonyl (C=O) groups is 4. The van der Waals surface area contributed by atoms with Crippen molar-refractivity contribution in [2.45, 2.75) is 107 Å². The van der Waals surface area contributed by atoms with Crippen LogP contribution in [0.5, 0.6) is 23.0 Å². The van der Waals surface area contributed by atoms with E-state index in [-0.39, 0.29) is 50.4 Å². The van der Waals surface area contributed by atoms with Crippen LogP contribution in [0.25, 0.3) is 10.8 Å². The standard InChI is InChI=1S/C51H65N3O12/c1-25-22-28(4)35(29(5)23-25)24-53-17-19-54(20-18-53)41-40-45(59)38-37(46(41)60)39-48(33(9)44(38)58)66-51(11,49(39)61)64-21-16-36(63-12)30(6)47(65-34(10)55)32(8)43(57)31(7)42(56)26(2)14-13-15-27(3)50(62)52-40/h13-16,21-23,26,30-32,36,43,47,57-60H,17-20,24H2,1-12H3,(H,52,62)/b14-13+,21-16+,27-15-. The molecule has 1 fully saturated rings. The average molecular weight is 912 g/mol. The summed E-state index contributed by atoms with van der Waals surface area (Å²) in [5, 5.41) is 50.4. The van der Waals surface area contributed by atoms with Gasteiger partial charge in [-0.15, -0.1) is 0 Å². The summed E-state index contributed by atoms with van der Waals surface area (Å²) >= 11 is 0. The Labute approximate surface area is 386 Å². The van der Waals surface area contributed by atoms with E-state index in [1.807, 2.05) is 4.90 Å². The number of aryl methyl sites for hydroxylation is 3. The maximum Gasteiger partial charge on any atom is 0.312 e. The fourth-order valence-corrected chi connectivity index (χ4v) is 9.68. The van der Waals surface area contributed by atoms with E-state index in [4.69, 9.17) is 18.9 Å². The molecule has 15 heteroatoms. The molecule has 1 saturated heterocycles. The Kier molecular flexibility index (Phi) is 14.6. The summed E-state index contributed by atoms with van der Waals surface area (Å²) in [6, 6.07) is 4.32. The number of aliphatic hydroxyl groups is 1. The van der Waals surface area contributed by atoms with Crippen LogP contribution < -0.4 is 15.0 Å². The molecule has 5 N–H and O–H groups in total. The lowest BCUT2D eigenvalue weighted by Crippen LogP contribution is -2.46. The highest BCUT2D eigenvalue weighted by Crippen LogP contribution is 2.57. The van der Waals surface area contributed by atoms with Crippen molar-refractivity contribution in [1.82, 2.24) is 4.90 Å². The second-order valence-corrected chi connectivity index (χ2v) is 18.5. The van der Waals surface area contributed by atoms with Gasteiger partial charge in [-0.2, -0.15) is 0 Å². The molecule has 356 valence electrons. The lowest BCUT2D eigenvalue weighted by molar-refractivity contribution is -0.159. The molecule has 0 aliphatic carbocycles. The van der Waals surface area contributed by atoms with Crippen LogP contribution in [0, 0.1) is 51.4 Å². The average Bonchev–Trinajstić information content (AvgIpc) is 3.53. The number of hydrogen-bond acceptors (Lipinski definition) is 14. The second kappa shape index (κ2) is 19.5. The van der Waals surface area contributed by atoms with Crippen molar-refractivity contribution < 1.29 is 58.6 Å². The molecule has 15 nitrogen and oxygen atoms in total. The van der Waals surface area contributed by atoms with Crippen LogP contribution in [-0.4, -0.2) is 106 Å². The van der Waals surface area contributed by atoms with Gasteiger partial charge in [0.05, 0.1) is 29.4 Å². The lowest BCUT2D eigenvalue weighted by atomic mass is 9.79. The molecular weight excluding hydrogens is 847 g/mol. The van der Waals surface area contributed by atoms with Crippen molar-refractivity contribution in [3.05, 3.63) is 81.7 Å². The Balaban J connectivity index is 1.49. The molecule has 1 amide bonds. The maximum absolute atomic E-state index is 14.7. The van der Waals surface area contributed by atoms with Crippen LogP contribution in [0.15, 0.2) is 48.3 Å². The first-order valence-corrected chi connectivity index (χ1v) is 22.5. The minimum absolute atomic E-state index is 0.0430. The van der Waals surface area contributed by atoms with Gasteiger partial charge in [0, 0.05) is 93.9 Å². The zero-order valence-corrected chi connectivity index (χ0v) is 40.1. The fraction of sp³-hybridized carbons (Fsp3) is 0.490. The normalized spacial score (nSPS) is 28.7. The van der Waals surface area contributed by atoms with E-state index >= 15 is 0 Å². The number of benzene rings is 3. The molecular formula is C51H65N3O12. The molecule has 0 aromatic heterocycles. The number of carbonyl (C=O) groups excluding carboxylic acids is 4. The summed E-state index contributed by atoms with van der Waals surface area (Å²) in [6.45, 7) is 21.1. The number of phenolic OH excluding ortho intramolecular Hbond substituents is 3. The third-order valence-corrected chi connectivity index (χ3v) is 13.7. The number of nitrogens with one attached hydrogen (secondary N) is 1. The number of piperazine rings is 1. The first kappa shape index (κ1) is 49.5. The number of esters is 1. The molecule has 7 rings (SSSR count). The van der Waals surface area contributed by atoms with Crippen LogP contribution in [-0.2, 0) is 35.1 Å². The highest BCUT2D eigenvalue weighted by molar-refractivity contribution is 6.23. The Bertz CT molecular complexity index is 2500. The number of amides is 1. The lowest BCUT2D eigenvalue weighted by Gasteiger charge is -2.38. The molecule has 0 radical (unpaired) electrons. The third kappa shape index (κ3) is 9.38. The highest BCUT2D eigenvalue weighted by atomic mass is 16.7. The minimum Gasteiger partial charge on any atom is -0.507 e. The van der Waals surface area contributed by atoms with Crippen molar-refractivity contribution in [2.75, 3.05) is 43.5 Å². The summed E-state index contributed by atoms with van der Waals surface area (Å²) in [4.78, 5) is 58.9. The van der Waals surface area contributed by atoms with Crippen LogP contribution in [0.4, 0.5) is 11.4 Å². The number of rotatable bonds is 5. The Hall–Kier alpha value is -5.90. The number of Topliss-reactive ketones (excluding diaryl/α,β-unsaturated/α-hetero) is 2. The summed E-state index contributed by atoms with van der Waals surface area (Å²) in [7, 11) is 1.44. The number of phenols is 3. The zero-order valence-electron chi connectivity index (χ0n) is 40.1. The van der Waals surface area contributed by atoms with Gasteiger partial charge in [0.2, 0.25) is 0 Å². The molecule has 8 unspecified atom stereocenters. The van der Waals surface area contributed by atoms with Crippen molar-refractivity contribution in [3.63, 3.8) is 0 Å². The van der Waals surface area contributed by atoms with Gasteiger partial charge in [0.15, 0.2) is 5.75 Å². The van der Waals surface area contributed by atoms with Gasteiger partial charge in [-0.25, -0.2) is 0 Å². The molecule has 66 heavy (non-hydrogen) atoms. The molecule has 4 aliphatic heterocycles. The van der Waals surface area contributed by atoms with E-state index < -0.39 is 82.7 Å². The number of ether oxygens (including phenoxy) is 4. The Morgan fingerprint density at radius 2 is 1.53 bits per heavy atom. The number of fused-ring (bicyclic) bond motifs is 14. The molecule has 3 aromatic carbocycles. The van der Waals surface area contributed by atoms with Crippen LogP contribution in [0.1, 0.15) is 86.6 Å². The van der Waals surface area contributed by atoms with Gasteiger partial charge in [-0.05, 0) is 57.4 Å². The van der Waals surface area contributed by atoms with E-state index in [0.29, 0.717) is 32.7 Å². The quantitative estimate of drug-likeness (QED) is 0.0976. The predicted molar refractivity (Wildman–Crippen MR) is 251 cm³/mol. The maximum atomic E-state index is 14.7. The van der Waals surface area contributed by atoms with Crippen LogP contribution in [0.2, 0.25) is 0 Å². The number of hydrogen-bond donors (Lipinski definition) is 5. The summed E-state index contributed by atoms with van der Waals surface area (Å²) < 4.78 is 23.8. The third-order valence-electron chi connectivity index (χ3n) is 13.7. The van der Waals surface area contributed by atoms with Crippen molar-refractivity contribution in [1.29, 1.82) is 0 Å². The monoisotopic (exact) mass is 911 g/mol. The molecule has 4 aliphatic rings. The zero-order chi connectivity index (χ0) is 48.7. The number of aliphatic hydroxyl groups excluding tert-OH is 1. The largest absolute Gasteiger partial charge is 0.507 e. The van der Waals surface area contributed by atoms with Crippen LogP contribution in [0.3, 0.4) is 0 Å². The first-order chi connectivity index (χ1) is 31.0. The van der Waals surface area contributed by atoms with E-state index in [1.54, 1.807) is 46.8 Å². The summed E-state index contributed by atoms with van der Waals surface area (Å²) in [5.41, 5.74) is 4.76. The van der Waals surface area contributed by atoms with Crippen molar-refractivity contribution >= 4 is 45.6 Å². The van der Waals surface area contributed by atoms with Gasteiger partial charge >= 0.3 is 11.8 Å². The van der Waals surface area contributed by atoms with Crippen molar-refractivity contribution in [2.24, 2.45) is 23.7 Å². The topological polar surface area (TPSA) is 205 Å². The van der Waals surface area contributed by atoms with E-state index in [0.717, 1.165) is 0 Å². The number of methoxy groups -OCH3 is 1. The first-order valence-electron chi connectivity index (χ1n) is 22.5. The van der Waals surface area contributed by atoms with Gasteiger partial charge in [-0.3, -0.25) is 24.1 Å². The van der Waals surface area contributed by atoms with Gasteiger partial charge < -0.3 is 49.6 Å². The Morgan fingerprint density at radius 1 is 0.894 bits per heavy atom. The number of ketones is 2. The van der Waals surface area contributed by atoms with Crippen molar-refractivity contribution in [3.8, 4) is 23.0 Å². The minimum atomic E-state index is -2.05. The Morgan fingerprint density at radius 3 is 2.14 bits per heavy atom. The number of allylic oxidation sites excluding steroid dienone is 3. The van der Waals surface area contributed by atoms with E-state index in [2.05, 4.69) is 43.1 Å². The predicted octanol–water partition coefficient (Wildman–Crippen LogP) is 7.21. The number of nitrogens with zero attached hydrogens (tertiary/aromatic N) is 2. The van der Waals surface area contributed by atoms with Gasteiger partial charge in [0.1, 0.15) is 40.5 Å². The number of anilines is 2. The van der Waals surface area contributed by atoms with Crippen LogP contribution >= 0.6 is 0 Å². The second-order valence-electron chi connectivity index (χ2n) is 18.5. The van der Waals surface area contributed by atoms with Gasteiger partial charge in [0.25, 0.3) is 11.7 Å². The van der Waals surface area contributed by atoms with E-state index in [9.17, 15) is 39.6 Å². The summed E-state index contributed by atoms with van der Waals surface area (Å²) in [6.07, 6.45) is 4.37. The van der Waals surface area contributed by atoms with Gasteiger partial charge in [-0.1, -0.05) is 63.6 Å². The molecule has 5 bridgehead atoms. The smallest absolute Gasteiger partial charge is 0.312 e. The molecule has 8 atom stereocenters.